The Bertz CT molecular complexity index is 706. The normalized spacial score (nSPS) is 11.3. The first-order valence-electron chi connectivity index (χ1n) is 8.96. The molecule has 0 bridgehead atoms. The van der Waals surface area contributed by atoms with Crippen LogP contribution in [0.15, 0.2) is 29.2 Å². The number of anilines is 1. The monoisotopic (exact) mass is 417 g/mol. The van der Waals surface area contributed by atoms with E-state index in [-0.39, 0.29) is 18.1 Å². The van der Waals surface area contributed by atoms with Crippen molar-refractivity contribution >= 4 is 39.4 Å². The molecule has 1 rings (SSSR count). The number of aliphatic carboxylic acids is 1. The zero-order valence-electron chi connectivity index (χ0n) is 15.2. The smallest absolute Gasteiger partial charge is 0.303 e. The zero-order chi connectivity index (χ0) is 20.1. The third-order valence-corrected chi connectivity index (χ3v) is 5.72. The minimum Gasteiger partial charge on any atom is -0.481 e. The number of carboxylic acid groups (broad SMARTS) is 1. The van der Waals surface area contributed by atoms with Crippen LogP contribution in [-0.4, -0.2) is 41.5 Å². The SMILES string of the molecule is O=C(O)CCCCCCC(=O)Nc1ccccc1SCCCCS(=O)(=O)O. The number of rotatable bonds is 14. The van der Waals surface area contributed by atoms with Gasteiger partial charge in [0.1, 0.15) is 0 Å². The second kappa shape index (κ2) is 12.7. The second-order valence-electron chi connectivity index (χ2n) is 6.19. The van der Waals surface area contributed by atoms with Gasteiger partial charge < -0.3 is 10.4 Å². The lowest BCUT2D eigenvalue weighted by Gasteiger charge is -2.10. The Hall–Kier alpha value is -1.58. The summed E-state index contributed by atoms with van der Waals surface area (Å²) in [4.78, 5) is 23.4. The fourth-order valence-electron chi connectivity index (χ4n) is 2.39. The van der Waals surface area contributed by atoms with E-state index in [4.69, 9.17) is 9.66 Å². The predicted molar refractivity (Wildman–Crippen MR) is 107 cm³/mol. The predicted octanol–water partition coefficient (Wildman–Crippen LogP) is 3.81. The van der Waals surface area contributed by atoms with Gasteiger partial charge in [0, 0.05) is 17.7 Å². The molecule has 152 valence electrons. The molecule has 1 aromatic carbocycles. The Labute approximate surface area is 164 Å². The van der Waals surface area contributed by atoms with E-state index < -0.39 is 16.1 Å². The maximum Gasteiger partial charge on any atom is 0.303 e. The highest BCUT2D eigenvalue weighted by Gasteiger charge is 2.08. The lowest BCUT2D eigenvalue weighted by molar-refractivity contribution is -0.137. The topological polar surface area (TPSA) is 121 Å². The van der Waals surface area contributed by atoms with Gasteiger partial charge in [0.15, 0.2) is 0 Å². The highest BCUT2D eigenvalue weighted by atomic mass is 32.2. The summed E-state index contributed by atoms with van der Waals surface area (Å²) < 4.78 is 30.1. The zero-order valence-corrected chi connectivity index (χ0v) is 16.9. The van der Waals surface area contributed by atoms with E-state index in [1.54, 1.807) is 0 Å². The minimum absolute atomic E-state index is 0.0762. The van der Waals surface area contributed by atoms with E-state index in [0.29, 0.717) is 31.4 Å². The molecule has 0 aliphatic carbocycles. The molecule has 0 aromatic heterocycles. The van der Waals surface area contributed by atoms with Crippen molar-refractivity contribution in [2.24, 2.45) is 0 Å². The highest BCUT2D eigenvalue weighted by Crippen LogP contribution is 2.28. The summed E-state index contributed by atoms with van der Waals surface area (Å²) in [6.07, 6.45) is 4.57. The lowest BCUT2D eigenvalue weighted by atomic mass is 10.1. The van der Waals surface area contributed by atoms with Crippen molar-refractivity contribution in [3.05, 3.63) is 24.3 Å². The largest absolute Gasteiger partial charge is 0.481 e. The standard InChI is InChI=1S/C18H27NO6S2/c20-17(11-3-1-2-4-12-18(21)22)19-15-9-5-6-10-16(15)26-13-7-8-14-27(23,24)25/h5-6,9-10H,1-4,7-8,11-14H2,(H,19,20)(H,21,22)(H,23,24,25). The van der Waals surface area contributed by atoms with Crippen LogP contribution in [0, 0.1) is 0 Å². The van der Waals surface area contributed by atoms with Crippen LogP contribution in [0.5, 0.6) is 0 Å². The van der Waals surface area contributed by atoms with Crippen LogP contribution in [0.25, 0.3) is 0 Å². The maximum absolute atomic E-state index is 12.1. The molecule has 1 aromatic rings. The fraction of sp³-hybridized carbons (Fsp3) is 0.556. The van der Waals surface area contributed by atoms with E-state index >= 15 is 0 Å². The van der Waals surface area contributed by atoms with Gasteiger partial charge in [-0.15, -0.1) is 11.8 Å². The van der Waals surface area contributed by atoms with Crippen molar-refractivity contribution < 1.29 is 27.7 Å². The molecular weight excluding hydrogens is 390 g/mol. The number of unbranched alkanes of at least 4 members (excludes halogenated alkanes) is 4. The Morgan fingerprint density at radius 1 is 0.963 bits per heavy atom. The number of nitrogens with one attached hydrogen (secondary N) is 1. The number of para-hydroxylation sites is 1. The number of carboxylic acids is 1. The van der Waals surface area contributed by atoms with Gasteiger partial charge in [0.25, 0.3) is 10.1 Å². The fourth-order valence-corrected chi connectivity index (χ4v) is 3.98. The second-order valence-corrected chi connectivity index (χ2v) is 8.90. The molecular formula is C18H27NO6S2. The van der Waals surface area contributed by atoms with Crippen LogP contribution < -0.4 is 5.32 Å². The number of hydrogen-bond acceptors (Lipinski definition) is 5. The molecule has 9 heteroatoms. The summed E-state index contributed by atoms with van der Waals surface area (Å²) >= 11 is 1.53. The van der Waals surface area contributed by atoms with E-state index in [2.05, 4.69) is 5.32 Å². The van der Waals surface area contributed by atoms with E-state index in [0.717, 1.165) is 29.8 Å². The van der Waals surface area contributed by atoms with Gasteiger partial charge in [0.2, 0.25) is 5.91 Å². The summed E-state index contributed by atoms with van der Waals surface area (Å²) in [5.41, 5.74) is 0.730. The summed E-state index contributed by atoms with van der Waals surface area (Å²) in [7, 11) is -3.91. The minimum atomic E-state index is -3.91. The van der Waals surface area contributed by atoms with Gasteiger partial charge in [-0.2, -0.15) is 8.42 Å². The molecule has 0 heterocycles. The Morgan fingerprint density at radius 2 is 1.63 bits per heavy atom. The average molecular weight is 418 g/mol. The van der Waals surface area contributed by atoms with Crippen LogP contribution in [-0.2, 0) is 19.7 Å². The third kappa shape index (κ3) is 12.4. The number of amides is 1. The van der Waals surface area contributed by atoms with E-state index in [1.807, 2.05) is 24.3 Å². The van der Waals surface area contributed by atoms with Crippen molar-refractivity contribution in [3.63, 3.8) is 0 Å². The van der Waals surface area contributed by atoms with Crippen molar-refractivity contribution in [2.45, 2.75) is 56.3 Å². The van der Waals surface area contributed by atoms with Gasteiger partial charge in [-0.1, -0.05) is 25.0 Å². The van der Waals surface area contributed by atoms with Gasteiger partial charge in [-0.3, -0.25) is 14.1 Å². The summed E-state index contributed by atoms with van der Waals surface area (Å²) in [6.45, 7) is 0. The van der Waals surface area contributed by atoms with Gasteiger partial charge in [0.05, 0.1) is 11.4 Å². The van der Waals surface area contributed by atoms with Gasteiger partial charge in [-0.25, -0.2) is 0 Å². The molecule has 0 spiro atoms. The summed E-state index contributed by atoms with van der Waals surface area (Å²) in [5.74, 6) is -0.419. The van der Waals surface area contributed by atoms with Crippen LogP contribution in [0.3, 0.4) is 0 Å². The molecule has 3 N–H and O–H groups in total. The van der Waals surface area contributed by atoms with Gasteiger partial charge in [-0.05, 0) is 43.6 Å². The molecule has 0 saturated carbocycles. The molecule has 0 saturated heterocycles. The molecule has 0 aliphatic rings. The lowest BCUT2D eigenvalue weighted by Crippen LogP contribution is -2.11. The molecule has 0 fully saturated rings. The maximum atomic E-state index is 12.1. The number of carbonyl (C=O) groups excluding carboxylic acids is 1. The van der Waals surface area contributed by atoms with E-state index in [1.165, 1.54) is 11.8 Å². The molecule has 0 aliphatic heterocycles. The van der Waals surface area contributed by atoms with Crippen molar-refractivity contribution in [3.8, 4) is 0 Å². The number of thioether (sulfide) groups is 1. The first kappa shape index (κ1) is 23.5. The Balaban J connectivity index is 2.31. The molecule has 7 nitrogen and oxygen atoms in total. The molecule has 1 amide bonds. The average Bonchev–Trinajstić information content (AvgIpc) is 2.58. The molecule has 0 atom stereocenters. The van der Waals surface area contributed by atoms with Crippen LogP contribution >= 0.6 is 11.8 Å². The number of hydrogen-bond donors (Lipinski definition) is 3. The van der Waals surface area contributed by atoms with Crippen molar-refractivity contribution in [1.29, 1.82) is 0 Å². The van der Waals surface area contributed by atoms with Crippen molar-refractivity contribution in [2.75, 3.05) is 16.8 Å². The van der Waals surface area contributed by atoms with E-state index in [9.17, 15) is 18.0 Å². The summed E-state index contributed by atoms with van der Waals surface area (Å²) in [6, 6.07) is 7.43. The van der Waals surface area contributed by atoms with Crippen LogP contribution in [0.2, 0.25) is 0 Å². The third-order valence-electron chi connectivity index (χ3n) is 3.76. The number of benzene rings is 1. The first-order valence-corrected chi connectivity index (χ1v) is 11.6. The molecule has 0 radical (unpaired) electrons. The molecule has 27 heavy (non-hydrogen) atoms. The molecule has 0 unspecified atom stereocenters. The number of carbonyl (C=O) groups is 2. The van der Waals surface area contributed by atoms with Crippen LogP contribution in [0.4, 0.5) is 5.69 Å². The van der Waals surface area contributed by atoms with Gasteiger partial charge >= 0.3 is 5.97 Å². The first-order chi connectivity index (χ1) is 12.8. The quantitative estimate of drug-likeness (QED) is 0.239. The van der Waals surface area contributed by atoms with Crippen LogP contribution in [0.1, 0.15) is 51.4 Å². The Morgan fingerprint density at radius 3 is 2.30 bits per heavy atom. The Kier molecular flexibility index (Phi) is 11.1. The summed E-state index contributed by atoms with van der Waals surface area (Å²) in [5, 5.41) is 11.5. The van der Waals surface area contributed by atoms with Crippen molar-refractivity contribution in [1.82, 2.24) is 0 Å². The highest BCUT2D eigenvalue weighted by molar-refractivity contribution is 7.99.